The number of ether oxygens (including phenoxy) is 1. The first kappa shape index (κ1) is 11.5. The van der Waals surface area contributed by atoms with E-state index in [-0.39, 0.29) is 6.42 Å². The van der Waals surface area contributed by atoms with Gasteiger partial charge in [-0.25, -0.2) is 4.79 Å². The molecule has 2 unspecified atom stereocenters. The first-order chi connectivity index (χ1) is 7.09. The van der Waals surface area contributed by atoms with Crippen LogP contribution in [0.25, 0.3) is 0 Å². The minimum Gasteiger partial charge on any atom is -0.479 e. The number of carboxylic acid groups (broad SMARTS) is 1. The molecular formula is C11H14O4. The Morgan fingerprint density at radius 1 is 1.40 bits per heavy atom. The van der Waals surface area contributed by atoms with E-state index in [0.717, 1.165) is 0 Å². The average molecular weight is 210 g/mol. The lowest BCUT2D eigenvalue weighted by molar-refractivity contribution is -0.146. The molecule has 15 heavy (non-hydrogen) atoms. The molecule has 0 aliphatic carbocycles. The number of hydrogen-bond donors (Lipinski definition) is 2. The molecule has 0 heterocycles. The van der Waals surface area contributed by atoms with Crippen LogP contribution in [0.5, 0.6) is 5.75 Å². The van der Waals surface area contributed by atoms with Crippen molar-refractivity contribution in [1.29, 1.82) is 0 Å². The Hall–Kier alpha value is -1.55. The summed E-state index contributed by atoms with van der Waals surface area (Å²) in [6.45, 7) is 1.53. The first-order valence-corrected chi connectivity index (χ1v) is 4.72. The zero-order valence-electron chi connectivity index (χ0n) is 8.46. The van der Waals surface area contributed by atoms with Crippen molar-refractivity contribution in [3.8, 4) is 5.75 Å². The number of carboxylic acids is 1. The van der Waals surface area contributed by atoms with Crippen LogP contribution < -0.4 is 4.74 Å². The molecule has 0 saturated carbocycles. The Morgan fingerprint density at radius 2 is 2.00 bits per heavy atom. The van der Waals surface area contributed by atoms with Gasteiger partial charge in [-0.15, -0.1) is 0 Å². The van der Waals surface area contributed by atoms with Crippen LogP contribution in [-0.4, -0.2) is 28.4 Å². The number of rotatable bonds is 5. The lowest BCUT2D eigenvalue weighted by Crippen LogP contribution is -2.30. The highest BCUT2D eigenvalue weighted by Gasteiger charge is 2.21. The average Bonchev–Trinajstić information content (AvgIpc) is 2.17. The number of aliphatic hydroxyl groups is 1. The Kier molecular flexibility index (Phi) is 4.12. The quantitative estimate of drug-likeness (QED) is 0.768. The van der Waals surface area contributed by atoms with Gasteiger partial charge in [-0.2, -0.15) is 0 Å². The lowest BCUT2D eigenvalue weighted by atomic mass is 10.2. The van der Waals surface area contributed by atoms with Gasteiger partial charge in [0, 0.05) is 6.42 Å². The van der Waals surface area contributed by atoms with Crippen molar-refractivity contribution in [1.82, 2.24) is 0 Å². The maximum atomic E-state index is 10.8. The summed E-state index contributed by atoms with van der Waals surface area (Å²) in [4.78, 5) is 10.8. The van der Waals surface area contributed by atoms with Crippen LogP contribution in [0, 0.1) is 0 Å². The summed E-state index contributed by atoms with van der Waals surface area (Å²) in [7, 11) is 0. The van der Waals surface area contributed by atoms with Crippen LogP contribution in [0.3, 0.4) is 0 Å². The summed E-state index contributed by atoms with van der Waals surface area (Å²) in [6.07, 6.45) is -1.63. The molecule has 0 bridgehead atoms. The minimum absolute atomic E-state index is 0.0736. The zero-order valence-corrected chi connectivity index (χ0v) is 8.46. The first-order valence-electron chi connectivity index (χ1n) is 4.72. The normalized spacial score (nSPS) is 14.3. The van der Waals surface area contributed by atoms with Crippen LogP contribution in [-0.2, 0) is 4.79 Å². The van der Waals surface area contributed by atoms with Gasteiger partial charge in [0.05, 0.1) is 6.10 Å². The highest BCUT2D eigenvalue weighted by Crippen LogP contribution is 2.13. The molecule has 0 amide bonds. The summed E-state index contributed by atoms with van der Waals surface area (Å²) in [5.41, 5.74) is 0. The maximum Gasteiger partial charge on any atom is 0.344 e. The van der Waals surface area contributed by atoms with Crippen molar-refractivity contribution < 1.29 is 19.7 Å². The molecule has 4 nitrogen and oxygen atoms in total. The second-order valence-corrected chi connectivity index (χ2v) is 3.34. The van der Waals surface area contributed by atoms with Crippen molar-refractivity contribution >= 4 is 5.97 Å². The Morgan fingerprint density at radius 3 is 2.47 bits per heavy atom. The smallest absolute Gasteiger partial charge is 0.344 e. The molecule has 0 saturated heterocycles. The summed E-state index contributed by atoms with van der Waals surface area (Å²) >= 11 is 0. The van der Waals surface area contributed by atoms with Gasteiger partial charge in [-0.3, -0.25) is 0 Å². The summed E-state index contributed by atoms with van der Waals surface area (Å²) in [5.74, 6) is -0.578. The highest BCUT2D eigenvalue weighted by atomic mass is 16.5. The van der Waals surface area contributed by atoms with E-state index in [1.165, 1.54) is 6.92 Å². The van der Waals surface area contributed by atoms with Crippen molar-refractivity contribution in [2.24, 2.45) is 0 Å². The summed E-state index contributed by atoms with van der Waals surface area (Å²) in [6, 6.07) is 8.69. The van der Waals surface area contributed by atoms with Crippen molar-refractivity contribution in [2.45, 2.75) is 25.6 Å². The molecule has 0 fully saturated rings. The zero-order chi connectivity index (χ0) is 11.3. The predicted molar refractivity (Wildman–Crippen MR) is 54.8 cm³/mol. The molecule has 2 atom stereocenters. The third-order valence-electron chi connectivity index (χ3n) is 1.85. The number of aliphatic hydroxyl groups excluding tert-OH is 1. The third kappa shape index (κ3) is 3.99. The van der Waals surface area contributed by atoms with Gasteiger partial charge in [0.2, 0.25) is 0 Å². The molecule has 1 rings (SSSR count). The van der Waals surface area contributed by atoms with Crippen LogP contribution in [0.1, 0.15) is 13.3 Å². The van der Waals surface area contributed by atoms with Gasteiger partial charge in [-0.05, 0) is 19.1 Å². The van der Waals surface area contributed by atoms with E-state index in [4.69, 9.17) is 14.9 Å². The number of benzene rings is 1. The predicted octanol–water partition coefficient (Wildman–Crippen LogP) is 1.29. The standard InChI is InChI=1S/C11H14O4/c1-8(12)7-10(11(13)14)15-9-5-3-2-4-6-9/h2-6,8,10,12H,7H2,1H3,(H,13,14). The third-order valence-corrected chi connectivity index (χ3v) is 1.85. The monoisotopic (exact) mass is 210 g/mol. The van der Waals surface area contributed by atoms with Crippen LogP contribution >= 0.6 is 0 Å². The fourth-order valence-electron chi connectivity index (χ4n) is 1.17. The van der Waals surface area contributed by atoms with E-state index in [2.05, 4.69) is 0 Å². The van der Waals surface area contributed by atoms with Gasteiger partial charge in [0.15, 0.2) is 6.10 Å². The molecule has 0 radical (unpaired) electrons. The Labute approximate surface area is 88.1 Å². The van der Waals surface area contributed by atoms with Gasteiger partial charge in [0.25, 0.3) is 0 Å². The van der Waals surface area contributed by atoms with Gasteiger partial charge < -0.3 is 14.9 Å². The van der Waals surface area contributed by atoms with E-state index < -0.39 is 18.2 Å². The second kappa shape index (κ2) is 5.36. The SMILES string of the molecule is CC(O)CC(Oc1ccccc1)C(=O)O. The fourth-order valence-corrected chi connectivity index (χ4v) is 1.17. The van der Waals surface area contributed by atoms with Crippen LogP contribution in [0.4, 0.5) is 0 Å². The van der Waals surface area contributed by atoms with Crippen molar-refractivity contribution in [3.63, 3.8) is 0 Å². The number of para-hydroxylation sites is 1. The second-order valence-electron chi connectivity index (χ2n) is 3.34. The van der Waals surface area contributed by atoms with E-state index in [0.29, 0.717) is 5.75 Å². The number of hydrogen-bond acceptors (Lipinski definition) is 3. The van der Waals surface area contributed by atoms with Gasteiger partial charge in [-0.1, -0.05) is 18.2 Å². The Balaban J connectivity index is 2.63. The van der Waals surface area contributed by atoms with E-state index in [1.807, 2.05) is 6.07 Å². The van der Waals surface area contributed by atoms with E-state index in [1.54, 1.807) is 24.3 Å². The molecule has 2 N–H and O–H groups in total. The largest absolute Gasteiger partial charge is 0.479 e. The molecule has 0 aliphatic heterocycles. The molecule has 0 spiro atoms. The maximum absolute atomic E-state index is 10.8. The fraction of sp³-hybridized carbons (Fsp3) is 0.364. The lowest BCUT2D eigenvalue weighted by Gasteiger charge is -2.16. The molecule has 1 aromatic carbocycles. The van der Waals surface area contributed by atoms with E-state index in [9.17, 15) is 4.79 Å². The van der Waals surface area contributed by atoms with E-state index >= 15 is 0 Å². The topological polar surface area (TPSA) is 66.8 Å². The van der Waals surface area contributed by atoms with Crippen LogP contribution in [0.15, 0.2) is 30.3 Å². The minimum atomic E-state index is -1.07. The van der Waals surface area contributed by atoms with Crippen molar-refractivity contribution in [3.05, 3.63) is 30.3 Å². The molecular weight excluding hydrogens is 196 g/mol. The Bertz CT molecular complexity index is 308. The summed E-state index contributed by atoms with van der Waals surface area (Å²) in [5, 5.41) is 18.0. The van der Waals surface area contributed by atoms with Crippen LogP contribution in [0.2, 0.25) is 0 Å². The van der Waals surface area contributed by atoms with Gasteiger partial charge in [0.1, 0.15) is 5.75 Å². The number of aliphatic carboxylic acids is 1. The molecule has 0 aromatic heterocycles. The molecule has 0 aliphatic rings. The highest BCUT2D eigenvalue weighted by molar-refractivity contribution is 5.72. The number of carbonyl (C=O) groups is 1. The molecule has 82 valence electrons. The summed E-state index contributed by atoms with van der Waals surface area (Å²) < 4.78 is 5.23. The van der Waals surface area contributed by atoms with Crippen molar-refractivity contribution in [2.75, 3.05) is 0 Å². The molecule has 1 aromatic rings. The van der Waals surface area contributed by atoms with Gasteiger partial charge >= 0.3 is 5.97 Å². The molecule has 4 heteroatoms.